The largest absolute Gasteiger partial charge is 0.325 e. The fourth-order valence-electron chi connectivity index (χ4n) is 2.58. The maximum atomic E-state index is 13.3. The van der Waals surface area contributed by atoms with Crippen molar-refractivity contribution in [3.8, 4) is 0 Å². The molecule has 1 N–H and O–H groups in total. The second-order valence-electron chi connectivity index (χ2n) is 5.63. The molecule has 0 aliphatic carbocycles. The lowest BCUT2D eigenvalue weighted by molar-refractivity contribution is -0.117. The first kappa shape index (κ1) is 16.8. The molecule has 1 atom stereocenters. The van der Waals surface area contributed by atoms with Crippen LogP contribution in [-0.2, 0) is 11.2 Å². The molecule has 0 radical (unpaired) electrons. The highest BCUT2D eigenvalue weighted by Gasteiger charge is 2.22. The zero-order valence-electron chi connectivity index (χ0n) is 13.3. The van der Waals surface area contributed by atoms with Crippen molar-refractivity contribution in [1.82, 2.24) is 4.98 Å². The Kier molecular flexibility index (Phi) is 5.14. The van der Waals surface area contributed by atoms with E-state index in [1.54, 1.807) is 30.5 Å². The quantitative estimate of drug-likeness (QED) is 0.752. The normalized spacial score (nSPS) is 11.8. The fraction of sp³-hybridized carbons (Fsp3) is 0.100. The molecule has 0 saturated carbocycles. The van der Waals surface area contributed by atoms with E-state index in [1.165, 1.54) is 30.3 Å². The van der Waals surface area contributed by atoms with E-state index in [2.05, 4.69) is 10.3 Å². The van der Waals surface area contributed by atoms with Gasteiger partial charge in [0.2, 0.25) is 5.91 Å². The smallest absolute Gasteiger partial charge is 0.232 e. The van der Waals surface area contributed by atoms with Gasteiger partial charge in [-0.15, -0.1) is 0 Å². The molecule has 3 aromatic rings. The minimum absolute atomic E-state index is 0.303. The SMILES string of the molecule is O=C(Nc1cccc(F)c1)C(Cc1ccccn1)c1ccc(F)cc1. The van der Waals surface area contributed by atoms with Crippen LogP contribution in [0.15, 0.2) is 72.9 Å². The Morgan fingerprint density at radius 1 is 0.960 bits per heavy atom. The van der Waals surface area contributed by atoms with Crippen LogP contribution in [0.5, 0.6) is 0 Å². The predicted molar refractivity (Wildman–Crippen MR) is 92.1 cm³/mol. The van der Waals surface area contributed by atoms with Gasteiger partial charge in [-0.3, -0.25) is 9.78 Å². The summed E-state index contributed by atoms with van der Waals surface area (Å²) in [6.45, 7) is 0. The summed E-state index contributed by atoms with van der Waals surface area (Å²) >= 11 is 0. The Bertz CT molecular complexity index is 851. The number of anilines is 1. The van der Waals surface area contributed by atoms with Crippen molar-refractivity contribution in [3.05, 3.63) is 95.8 Å². The highest BCUT2D eigenvalue weighted by molar-refractivity contribution is 5.96. The molecule has 5 heteroatoms. The van der Waals surface area contributed by atoms with Crippen molar-refractivity contribution in [3.63, 3.8) is 0 Å². The molecule has 0 aliphatic heterocycles. The van der Waals surface area contributed by atoms with E-state index < -0.39 is 11.7 Å². The number of hydrogen-bond donors (Lipinski definition) is 1. The van der Waals surface area contributed by atoms with E-state index in [-0.39, 0.29) is 11.7 Å². The Balaban J connectivity index is 1.87. The molecule has 1 unspecified atom stereocenters. The van der Waals surface area contributed by atoms with Gasteiger partial charge in [0.15, 0.2) is 0 Å². The molecule has 2 aromatic carbocycles. The first-order valence-corrected chi connectivity index (χ1v) is 7.83. The average molecular weight is 338 g/mol. The zero-order valence-corrected chi connectivity index (χ0v) is 13.3. The number of hydrogen-bond acceptors (Lipinski definition) is 2. The van der Waals surface area contributed by atoms with Crippen molar-refractivity contribution in [2.45, 2.75) is 12.3 Å². The van der Waals surface area contributed by atoms with E-state index in [0.717, 1.165) is 5.69 Å². The van der Waals surface area contributed by atoms with Crippen LogP contribution in [0.2, 0.25) is 0 Å². The molecular formula is C20H16F2N2O. The predicted octanol–water partition coefficient (Wildman–Crippen LogP) is 4.32. The molecule has 25 heavy (non-hydrogen) atoms. The standard InChI is InChI=1S/C20H16F2N2O/c21-15-9-7-14(8-10-15)19(13-17-5-1-2-11-23-17)20(25)24-18-6-3-4-16(22)12-18/h1-12,19H,13H2,(H,24,25). The molecule has 0 fully saturated rings. The third kappa shape index (κ3) is 4.47. The van der Waals surface area contributed by atoms with Crippen LogP contribution in [0.3, 0.4) is 0 Å². The first-order chi connectivity index (χ1) is 12.1. The van der Waals surface area contributed by atoms with Crippen LogP contribution >= 0.6 is 0 Å². The lowest BCUT2D eigenvalue weighted by atomic mass is 9.93. The third-order valence-corrected chi connectivity index (χ3v) is 3.82. The van der Waals surface area contributed by atoms with Crippen molar-refractivity contribution < 1.29 is 13.6 Å². The van der Waals surface area contributed by atoms with Gasteiger partial charge in [0.1, 0.15) is 11.6 Å². The number of rotatable bonds is 5. The molecule has 1 heterocycles. The second-order valence-corrected chi connectivity index (χ2v) is 5.63. The molecular weight excluding hydrogens is 322 g/mol. The minimum atomic E-state index is -0.571. The second kappa shape index (κ2) is 7.66. The molecule has 0 bridgehead atoms. The average Bonchev–Trinajstić information content (AvgIpc) is 2.61. The Hall–Kier alpha value is -3.08. The van der Waals surface area contributed by atoms with E-state index >= 15 is 0 Å². The van der Waals surface area contributed by atoms with Crippen molar-refractivity contribution >= 4 is 11.6 Å². The number of amides is 1. The highest BCUT2D eigenvalue weighted by Crippen LogP contribution is 2.23. The lowest BCUT2D eigenvalue weighted by Gasteiger charge is -2.17. The van der Waals surface area contributed by atoms with Crippen LogP contribution < -0.4 is 5.32 Å². The van der Waals surface area contributed by atoms with E-state index in [1.807, 2.05) is 12.1 Å². The number of pyridine rings is 1. The number of nitrogens with zero attached hydrogens (tertiary/aromatic N) is 1. The van der Waals surface area contributed by atoms with Crippen molar-refractivity contribution in [2.24, 2.45) is 0 Å². The number of benzene rings is 2. The summed E-state index contributed by atoms with van der Waals surface area (Å²) in [6.07, 6.45) is 2.01. The van der Waals surface area contributed by atoms with Gasteiger partial charge < -0.3 is 5.32 Å². The van der Waals surface area contributed by atoms with Crippen LogP contribution in [-0.4, -0.2) is 10.9 Å². The van der Waals surface area contributed by atoms with Gasteiger partial charge in [-0.05, 0) is 48.0 Å². The summed E-state index contributed by atoms with van der Waals surface area (Å²) in [4.78, 5) is 17.0. The minimum Gasteiger partial charge on any atom is -0.325 e. The number of aromatic nitrogens is 1. The van der Waals surface area contributed by atoms with E-state index in [9.17, 15) is 13.6 Å². The highest BCUT2D eigenvalue weighted by atomic mass is 19.1. The summed E-state index contributed by atoms with van der Waals surface area (Å²) in [6, 6.07) is 16.9. The molecule has 0 saturated heterocycles. The number of carbonyl (C=O) groups excluding carboxylic acids is 1. The van der Waals surface area contributed by atoms with Crippen molar-refractivity contribution in [1.29, 1.82) is 0 Å². The maximum Gasteiger partial charge on any atom is 0.232 e. The van der Waals surface area contributed by atoms with Gasteiger partial charge in [0, 0.05) is 24.0 Å². The summed E-state index contributed by atoms with van der Waals surface area (Å²) in [5.41, 5.74) is 1.78. The summed E-state index contributed by atoms with van der Waals surface area (Å²) in [5.74, 6) is -1.67. The zero-order chi connectivity index (χ0) is 17.6. The lowest BCUT2D eigenvalue weighted by Crippen LogP contribution is -2.23. The number of halogens is 2. The molecule has 126 valence electrons. The van der Waals surface area contributed by atoms with Gasteiger partial charge in [0.05, 0.1) is 5.92 Å². The summed E-state index contributed by atoms with van der Waals surface area (Å²) in [5, 5.41) is 2.72. The summed E-state index contributed by atoms with van der Waals surface area (Å²) in [7, 11) is 0. The van der Waals surface area contributed by atoms with Crippen LogP contribution in [0.4, 0.5) is 14.5 Å². The maximum absolute atomic E-state index is 13.3. The molecule has 0 aliphatic rings. The monoisotopic (exact) mass is 338 g/mol. The molecule has 1 aromatic heterocycles. The summed E-state index contributed by atoms with van der Waals surface area (Å²) < 4.78 is 26.5. The molecule has 0 spiro atoms. The Morgan fingerprint density at radius 2 is 1.76 bits per heavy atom. The van der Waals surface area contributed by atoms with Crippen LogP contribution in [0.1, 0.15) is 17.2 Å². The van der Waals surface area contributed by atoms with Gasteiger partial charge in [-0.25, -0.2) is 8.78 Å². The van der Waals surface area contributed by atoms with Crippen molar-refractivity contribution in [2.75, 3.05) is 5.32 Å². The molecule has 3 nitrogen and oxygen atoms in total. The Morgan fingerprint density at radius 3 is 2.44 bits per heavy atom. The first-order valence-electron chi connectivity index (χ1n) is 7.83. The van der Waals surface area contributed by atoms with E-state index in [4.69, 9.17) is 0 Å². The molecule has 1 amide bonds. The topological polar surface area (TPSA) is 42.0 Å². The fourth-order valence-corrected chi connectivity index (χ4v) is 2.58. The molecule has 3 rings (SSSR count). The van der Waals surface area contributed by atoms with Crippen LogP contribution in [0.25, 0.3) is 0 Å². The third-order valence-electron chi connectivity index (χ3n) is 3.82. The number of carbonyl (C=O) groups is 1. The van der Waals surface area contributed by atoms with Crippen LogP contribution in [0, 0.1) is 11.6 Å². The van der Waals surface area contributed by atoms with Gasteiger partial charge in [-0.2, -0.15) is 0 Å². The van der Waals surface area contributed by atoms with Gasteiger partial charge in [0.25, 0.3) is 0 Å². The van der Waals surface area contributed by atoms with Gasteiger partial charge in [-0.1, -0.05) is 24.3 Å². The Labute approximate surface area is 144 Å². The van der Waals surface area contributed by atoms with E-state index in [0.29, 0.717) is 17.7 Å². The van der Waals surface area contributed by atoms with Gasteiger partial charge >= 0.3 is 0 Å². The number of nitrogens with one attached hydrogen (secondary N) is 1.